The number of hydrogen-bond donors (Lipinski definition) is 2. The van der Waals surface area contributed by atoms with E-state index in [0.717, 1.165) is 10.0 Å². The molecule has 94 valence electrons. The van der Waals surface area contributed by atoms with E-state index in [1.807, 2.05) is 24.3 Å². The number of benzene rings is 1. The van der Waals surface area contributed by atoms with Gasteiger partial charge in [-0.15, -0.1) is 0 Å². The summed E-state index contributed by atoms with van der Waals surface area (Å²) in [5.74, 6) is -0.0379. The molecule has 1 aromatic rings. The summed E-state index contributed by atoms with van der Waals surface area (Å²) in [6.45, 7) is 3.53. The van der Waals surface area contributed by atoms with Crippen molar-refractivity contribution in [1.82, 2.24) is 5.32 Å². The Bertz CT molecular complexity index is 391. The fourth-order valence-electron chi connectivity index (χ4n) is 1.43. The summed E-state index contributed by atoms with van der Waals surface area (Å²) in [4.78, 5) is 11.6. The standard InChI is InChI=1S/C13H18BrNO2/c1-13(2,9-16)15-12(17)7-6-10-4-3-5-11(14)8-10/h3-5,8,16H,6-7,9H2,1-2H3,(H,15,17). The van der Waals surface area contributed by atoms with Gasteiger partial charge >= 0.3 is 0 Å². The zero-order valence-corrected chi connectivity index (χ0v) is 11.8. The van der Waals surface area contributed by atoms with E-state index in [1.165, 1.54) is 0 Å². The molecule has 0 bridgehead atoms. The number of hydrogen-bond acceptors (Lipinski definition) is 2. The van der Waals surface area contributed by atoms with Crippen molar-refractivity contribution >= 4 is 21.8 Å². The van der Waals surface area contributed by atoms with E-state index in [4.69, 9.17) is 5.11 Å². The van der Waals surface area contributed by atoms with Crippen LogP contribution in [0.25, 0.3) is 0 Å². The molecular weight excluding hydrogens is 282 g/mol. The lowest BCUT2D eigenvalue weighted by Gasteiger charge is -2.23. The van der Waals surface area contributed by atoms with Crippen molar-refractivity contribution in [2.75, 3.05) is 6.61 Å². The first-order chi connectivity index (χ1) is 7.93. The van der Waals surface area contributed by atoms with Gasteiger partial charge in [0.2, 0.25) is 5.91 Å². The minimum atomic E-state index is -0.547. The molecule has 3 nitrogen and oxygen atoms in total. The molecule has 0 fully saturated rings. The van der Waals surface area contributed by atoms with Gasteiger partial charge in [0.1, 0.15) is 0 Å². The van der Waals surface area contributed by atoms with Gasteiger partial charge in [-0.2, -0.15) is 0 Å². The first-order valence-electron chi connectivity index (χ1n) is 5.59. The van der Waals surface area contributed by atoms with Crippen LogP contribution in [-0.4, -0.2) is 23.2 Å². The molecule has 0 spiro atoms. The Morgan fingerprint density at radius 1 is 1.47 bits per heavy atom. The molecule has 0 radical (unpaired) electrons. The topological polar surface area (TPSA) is 49.3 Å². The number of aliphatic hydroxyl groups excluding tert-OH is 1. The van der Waals surface area contributed by atoms with E-state index in [-0.39, 0.29) is 12.5 Å². The third-order valence-electron chi connectivity index (χ3n) is 2.40. The van der Waals surface area contributed by atoms with Crippen LogP contribution in [0.5, 0.6) is 0 Å². The Balaban J connectivity index is 2.44. The number of nitrogens with one attached hydrogen (secondary N) is 1. The van der Waals surface area contributed by atoms with Gasteiger partial charge in [-0.3, -0.25) is 4.79 Å². The number of amides is 1. The highest BCUT2D eigenvalue weighted by atomic mass is 79.9. The fraction of sp³-hybridized carbons (Fsp3) is 0.462. The predicted octanol–water partition coefficient (Wildman–Crippen LogP) is 2.27. The Morgan fingerprint density at radius 3 is 2.76 bits per heavy atom. The van der Waals surface area contributed by atoms with Crippen molar-refractivity contribution in [2.45, 2.75) is 32.2 Å². The van der Waals surface area contributed by atoms with Crippen LogP contribution < -0.4 is 5.32 Å². The normalized spacial score (nSPS) is 11.3. The van der Waals surface area contributed by atoms with Crippen LogP contribution in [0.1, 0.15) is 25.8 Å². The summed E-state index contributed by atoms with van der Waals surface area (Å²) in [7, 11) is 0. The second-order valence-electron chi connectivity index (χ2n) is 4.72. The van der Waals surface area contributed by atoms with E-state index < -0.39 is 5.54 Å². The van der Waals surface area contributed by atoms with Gasteiger partial charge in [0.25, 0.3) is 0 Å². The molecule has 0 saturated heterocycles. The molecule has 17 heavy (non-hydrogen) atoms. The van der Waals surface area contributed by atoms with Crippen LogP contribution in [0.4, 0.5) is 0 Å². The average Bonchev–Trinajstić information content (AvgIpc) is 2.26. The molecule has 0 aliphatic rings. The molecule has 1 amide bonds. The second-order valence-corrected chi connectivity index (χ2v) is 5.64. The maximum atomic E-state index is 11.6. The van der Waals surface area contributed by atoms with Crippen LogP contribution >= 0.6 is 15.9 Å². The molecule has 0 aliphatic heterocycles. The largest absolute Gasteiger partial charge is 0.394 e. The van der Waals surface area contributed by atoms with E-state index in [0.29, 0.717) is 12.8 Å². The van der Waals surface area contributed by atoms with Gasteiger partial charge in [0.05, 0.1) is 12.1 Å². The Labute approximate surface area is 110 Å². The molecular formula is C13H18BrNO2. The molecule has 0 heterocycles. The lowest BCUT2D eigenvalue weighted by atomic mass is 10.1. The van der Waals surface area contributed by atoms with Gasteiger partial charge in [0.15, 0.2) is 0 Å². The lowest BCUT2D eigenvalue weighted by Crippen LogP contribution is -2.46. The van der Waals surface area contributed by atoms with E-state index in [1.54, 1.807) is 13.8 Å². The van der Waals surface area contributed by atoms with Gasteiger partial charge in [-0.05, 0) is 38.0 Å². The van der Waals surface area contributed by atoms with E-state index >= 15 is 0 Å². The molecule has 0 saturated carbocycles. The smallest absolute Gasteiger partial charge is 0.220 e. The first kappa shape index (κ1) is 14.2. The van der Waals surface area contributed by atoms with Crippen molar-refractivity contribution < 1.29 is 9.90 Å². The van der Waals surface area contributed by atoms with Crippen LogP contribution in [0.15, 0.2) is 28.7 Å². The third kappa shape index (κ3) is 5.33. The summed E-state index contributed by atoms with van der Waals surface area (Å²) < 4.78 is 1.02. The highest BCUT2D eigenvalue weighted by molar-refractivity contribution is 9.10. The molecule has 0 aromatic heterocycles. The minimum Gasteiger partial charge on any atom is -0.394 e. The van der Waals surface area contributed by atoms with Crippen LogP contribution in [0, 0.1) is 0 Å². The summed E-state index contributed by atoms with van der Waals surface area (Å²) in [6.07, 6.45) is 1.13. The zero-order chi connectivity index (χ0) is 12.9. The van der Waals surface area contributed by atoms with Gasteiger partial charge in [0, 0.05) is 10.9 Å². The Morgan fingerprint density at radius 2 is 2.18 bits per heavy atom. The number of carbonyl (C=O) groups is 1. The number of carbonyl (C=O) groups excluding carboxylic acids is 1. The molecule has 0 aliphatic carbocycles. The SMILES string of the molecule is CC(C)(CO)NC(=O)CCc1cccc(Br)c1. The van der Waals surface area contributed by atoms with Crippen molar-refractivity contribution in [3.63, 3.8) is 0 Å². The monoisotopic (exact) mass is 299 g/mol. The van der Waals surface area contributed by atoms with Crippen LogP contribution in [0.3, 0.4) is 0 Å². The molecule has 0 unspecified atom stereocenters. The molecule has 2 N–H and O–H groups in total. The van der Waals surface area contributed by atoms with Crippen molar-refractivity contribution in [2.24, 2.45) is 0 Å². The summed E-state index contributed by atoms with van der Waals surface area (Å²) in [6, 6.07) is 7.91. The Hall–Kier alpha value is -0.870. The molecule has 4 heteroatoms. The molecule has 1 aromatic carbocycles. The van der Waals surface area contributed by atoms with Gasteiger partial charge in [-0.1, -0.05) is 28.1 Å². The number of aryl methyl sites for hydroxylation is 1. The predicted molar refractivity (Wildman–Crippen MR) is 71.8 cm³/mol. The lowest BCUT2D eigenvalue weighted by molar-refractivity contribution is -0.123. The highest BCUT2D eigenvalue weighted by Gasteiger charge is 2.18. The first-order valence-corrected chi connectivity index (χ1v) is 6.38. The average molecular weight is 300 g/mol. The summed E-state index contributed by atoms with van der Waals surface area (Å²) in [5.41, 5.74) is 0.574. The van der Waals surface area contributed by atoms with Gasteiger partial charge in [-0.25, -0.2) is 0 Å². The quantitative estimate of drug-likeness (QED) is 0.876. The number of rotatable bonds is 5. The molecule has 0 atom stereocenters. The van der Waals surface area contributed by atoms with E-state index in [2.05, 4.69) is 21.2 Å². The third-order valence-corrected chi connectivity index (χ3v) is 2.90. The summed E-state index contributed by atoms with van der Waals surface area (Å²) >= 11 is 3.40. The summed E-state index contributed by atoms with van der Waals surface area (Å²) in [5, 5.41) is 11.8. The van der Waals surface area contributed by atoms with Crippen molar-refractivity contribution in [3.05, 3.63) is 34.3 Å². The van der Waals surface area contributed by atoms with Gasteiger partial charge < -0.3 is 10.4 Å². The number of aliphatic hydroxyl groups is 1. The van der Waals surface area contributed by atoms with Crippen LogP contribution in [-0.2, 0) is 11.2 Å². The second kappa shape index (κ2) is 6.17. The molecule has 1 rings (SSSR count). The van der Waals surface area contributed by atoms with Crippen molar-refractivity contribution in [3.8, 4) is 0 Å². The Kier molecular flexibility index (Phi) is 5.15. The number of halogens is 1. The minimum absolute atomic E-state index is 0.0379. The maximum absolute atomic E-state index is 11.6. The maximum Gasteiger partial charge on any atom is 0.220 e. The van der Waals surface area contributed by atoms with E-state index in [9.17, 15) is 4.79 Å². The van der Waals surface area contributed by atoms with Crippen molar-refractivity contribution in [1.29, 1.82) is 0 Å². The van der Waals surface area contributed by atoms with Crippen LogP contribution in [0.2, 0.25) is 0 Å². The zero-order valence-electron chi connectivity index (χ0n) is 10.2. The fourth-order valence-corrected chi connectivity index (χ4v) is 1.88. The highest BCUT2D eigenvalue weighted by Crippen LogP contribution is 2.13.